The summed E-state index contributed by atoms with van der Waals surface area (Å²) >= 11 is 0. The lowest BCUT2D eigenvalue weighted by Crippen LogP contribution is -2.64. The van der Waals surface area contributed by atoms with Gasteiger partial charge in [0.05, 0.1) is 43.7 Å². The molecule has 15 atom stereocenters. The van der Waals surface area contributed by atoms with Crippen LogP contribution < -0.4 is 0 Å². The number of amides is 1. The zero-order valence-corrected chi connectivity index (χ0v) is 51.2. The van der Waals surface area contributed by atoms with Crippen LogP contribution >= 0.6 is 0 Å². The van der Waals surface area contributed by atoms with Gasteiger partial charge in [-0.3, -0.25) is 14.4 Å². The number of carbonyl (C=O) groups excluding carboxylic acids is 4. The van der Waals surface area contributed by atoms with Crippen LogP contribution in [0.3, 0.4) is 0 Å². The third-order valence-corrected chi connectivity index (χ3v) is 22.5. The Morgan fingerprint density at radius 1 is 0.835 bits per heavy atom. The topological polar surface area (TPSA) is 166 Å². The molecule has 3 aliphatic heterocycles. The number of ketones is 2. The fourth-order valence-corrected chi connectivity index (χ4v) is 13.6. The summed E-state index contributed by atoms with van der Waals surface area (Å²) in [6.45, 7) is 23.6. The van der Waals surface area contributed by atoms with Crippen molar-refractivity contribution in [3.05, 3.63) is 95.1 Å². The molecule has 0 radical (unpaired) electrons. The standard InChI is InChI=1S/C64H97NO13Si/c1-15-48-33-41(2)32-42(3)34-55(72-11)59-56(73-12)36-44(5)64(70,77-59)60(67)61(68)65-31-23-22-28-50(65)62(69)76-58(45(6)53(38-51(48)66)78-79(13,14)63(7,8)9)43(4)35-47-29-30-52(54(37-47)71-10)75-40-57(49-26-20-17-21-27-49)74-39-46-24-18-16-19-25-46/h16-21,24-27,33,35,42,44-45,47-48,50,52-59,70H,15,22-23,28-32,34,36-40H2,1-14H3. The monoisotopic (exact) mass is 1120 g/mol. The van der Waals surface area contributed by atoms with Gasteiger partial charge in [-0.05, 0) is 125 Å². The number of Topliss-reactive ketones (excluding diaryl/α,β-unsaturated/α-hetero) is 2. The summed E-state index contributed by atoms with van der Waals surface area (Å²) in [7, 11) is 2.26. The summed E-state index contributed by atoms with van der Waals surface area (Å²) in [4.78, 5) is 60.7. The number of carbonyl (C=O) groups is 4. The molecule has 1 amide bonds. The van der Waals surface area contributed by atoms with E-state index in [4.69, 9.17) is 37.6 Å². The largest absolute Gasteiger partial charge is 0.456 e. The van der Waals surface area contributed by atoms with Crippen molar-refractivity contribution in [3.63, 3.8) is 0 Å². The molecule has 15 unspecified atom stereocenters. The van der Waals surface area contributed by atoms with Crippen molar-refractivity contribution in [1.29, 1.82) is 0 Å². The van der Waals surface area contributed by atoms with Crippen LogP contribution in [0.25, 0.3) is 0 Å². The molecule has 15 heteroatoms. The van der Waals surface area contributed by atoms with Crippen LogP contribution in [0.5, 0.6) is 0 Å². The molecule has 440 valence electrons. The first-order valence-electron chi connectivity index (χ1n) is 29.4. The van der Waals surface area contributed by atoms with Crippen molar-refractivity contribution in [1.82, 2.24) is 4.90 Å². The number of fused-ring (bicyclic) bond motifs is 3. The maximum absolute atomic E-state index is 15.1. The van der Waals surface area contributed by atoms with Gasteiger partial charge in [-0.2, -0.15) is 0 Å². The fraction of sp³-hybridized carbons (Fsp3) is 0.688. The smallest absolute Gasteiger partial charge is 0.329 e. The highest BCUT2D eigenvalue weighted by Gasteiger charge is 2.57. The Bertz CT molecular complexity index is 2350. The molecule has 2 aromatic rings. The molecule has 4 aliphatic rings. The molecule has 6 rings (SSSR count). The van der Waals surface area contributed by atoms with Gasteiger partial charge >= 0.3 is 5.97 Å². The number of ether oxygens (including phenoxy) is 7. The minimum absolute atomic E-state index is 0.0179. The lowest BCUT2D eigenvalue weighted by atomic mass is 9.81. The van der Waals surface area contributed by atoms with Crippen LogP contribution in [0.1, 0.15) is 150 Å². The van der Waals surface area contributed by atoms with Gasteiger partial charge < -0.3 is 47.6 Å². The summed E-state index contributed by atoms with van der Waals surface area (Å²) in [6.07, 6.45) is 5.56. The van der Waals surface area contributed by atoms with E-state index in [1.807, 2.05) is 64.1 Å². The summed E-state index contributed by atoms with van der Waals surface area (Å²) < 4.78 is 51.8. The van der Waals surface area contributed by atoms with Gasteiger partial charge in [0.1, 0.15) is 30.1 Å². The quantitative estimate of drug-likeness (QED) is 0.0776. The molecular formula is C64H97NO13Si. The zero-order valence-electron chi connectivity index (χ0n) is 50.2. The van der Waals surface area contributed by atoms with E-state index in [0.29, 0.717) is 58.2 Å². The maximum Gasteiger partial charge on any atom is 0.329 e. The van der Waals surface area contributed by atoms with E-state index in [2.05, 4.69) is 77.2 Å². The molecule has 79 heavy (non-hydrogen) atoms. The average molecular weight is 1120 g/mol. The molecule has 14 nitrogen and oxygen atoms in total. The molecule has 0 aromatic heterocycles. The molecule has 1 aliphatic carbocycles. The number of piperidine rings is 1. The van der Waals surface area contributed by atoms with E-state index in [-0.39, 0.29) is 72.7 Å². The van der Waals surface area contributed by atoms with E-state index in [0.717, 1.165) is 28.7 Å². The first-order valence-corrected chi connectivity index (χ1v) is 32.3. The number of methoxy groups -OCH3 is 3. The van der Waals surface area contributed by atoms with Gasteiger partial charge in [0.15, 0.2) is 8.32 Å². The number of benzene rings is 2. The summed E-state index contributed by atoms with van der Waals surface area (Å²) in [5, 5.41) is 12.1. The van der Waals surface area contributed by atoms with Crippen molar-refractivity contribution >= 4 is 31.8 Å². The molecule has 1 N–H and O–H groups in total. The number of cyclic esters (lactones) is 1. The number of allylic oxidation sites excluding steroid dienone is 3. The van der Waals surface area contributed by atoms with Crippen molar-refractivity contribution in [2.75, 3.05) is 34.5 Å². The number of rotatable bonds is 15. The number of hydrogen-bond acceptors (Lipinski definition) is 13. The minimum atomic E-state index is -2.58. The molecular weight excluding hydrogens is 1020 g/mol. The molecule has 0 spiro atoms. The normalized spacial score (nSPS) is 33.1. The van der Waals surface area contributed by atoms with Crippen LogP contribution in [0.15, 0.2) is 84.0 Å². The lowest BCUT2D eigenvalue weighted by Gasteiger charge is -2.47. The van der Waals surface area contributed by atoms with Crippen LogP contribution in [-0.2, 0) is 63.4 Å². The van der Waals surface area contributed by atoms with Crippen molar-refractivity contribution < 1.29 is 61.9 Å². The summed E-state index contributed by atoms with van der Waals surface area (Å²) in [5.41, 5.74) is 3.95. The Morgan fingerprint density at radius 2 is 1.48 bits per heavy atom. The van der Waals surface area contributed by atoms with Crippen molar-refractivity contribution in [2.24, 2.45) is 29.6 Å². The second-order valence-electron chi connectivity index (χ2n) is 25.0. The first kappa shape index (κ1) is 64.3. The van der Waals surface area contributed by atoms with Gasteiger partial charge in [-0.15, -0.1) is 0 Å². The van der Waals surface area contributed by atoms with Crippen LogP contribution in [0, 0.1) is 29.6 Å². The zero-order chi connectivity index (χ0) is 57.8. The molecule has 1 saturated carbocycles. The predicted octanol–water partition coefficient (Wildman–Crippen LogP) is 11.5. The second kappa shape index (κ2) is 28.9. The summed E-state index contributed by atoms with van der Waals surface area (Å²) in [6, 6.07) is 19.1. The highest BCUT2D eigenvalue weighted by Crippen LogP contribution is 2.42. The number of hydrogen-bond donors (Lipinski definition) is 1. The van der Waals surface area contributed by atoms with Gasteiger partial charge in [0, 0.05) is 52.0 Å². The average Bonchev–Trinajstić information content (AvgIpc) is 3.60. The van der Waals surface area contributed by atoms with Crippen molar-refractivity contribution in [2.45, 2.75) is 218 Å². The molecule has 3 fully saturated rings. The second-order valence-corrected chi connectivity index (χ2v) is 29.8. The third-order valence-electron chi connectivity index (χ3n) is 18.0. The van der Waals surface area contributed by atoms with Crippen molar-refractivity contribution in [3.8, 4) is 0 Å². The predicted molar refractivity (Wildman–Crippen MR) is 308 cm³/mol. The SMILES string of the molecule is CCC1C=C(C)CC(C)CC(OC)C2OC(O)(C(=O)C(=O)N3CCCCC3C(=O)OC(C(C)=CC3CCC(OCC(OCc4ccccc4)c4ccccc4)C(OC)C3)C(C)C(O[Si](C)(C)C(C)(C)C)CC1=O)C(C)CC2OC. The molecule has 3 heterocycles. The van der Waals surface area contributed by atoms with Gasteiger partial charge in [-0.25, -0.2) is 4.79 Å². The van der Waals surface area contributed by atoms with E-state index < -0.39 is 80.2 Å². The summed E-state index contributed by atoms with van der Waals surface area (Å²) in [5.74, 6) is -6.96. The van der Waals surface area contributed by atoms with Crippen LogP contribution in [0.2, 0.25) is 18.1 Å². The van der Waals surface area contributed by atoms with E-state index in [1.165, 1.54) is 4.90 Å². The fourth-order valence-electron chi connectivity index (χ4n) is 12.1. The highest BCUT2D eigenvalue weighted by molar-refractivity contribution is 6.74. The van der Waals surface area contributed by atoms with Crippen LogP contribution in [0.4, 0.5) is 0 Å². The lowest BCUT2D eigenvalue weighted by molar-refractivity contribution is -0.302. The maximum atomic E-state index is 15.1. The number of aliphatic hydroxyl groups is 1. The van der Waals surface area contributed by atoms with E-state index in [9.17, 15) is 19.5 Å². The number of esters is 1. The first-order chi connectivity index (χ1) is 37.4. The van der Waals surface area contributed by atoms with Crippen LogP contribution in [-0.4, -0.2) is 131 Å². The third kappa shape index (κ3) is 16.4. The number of nitrogens with zero attached hydrogens (tertiary/aromatic N) is 1. The van der Waals surface area contributed by atoms with Gasteiger partial charge in [-0.1, -0.05) is 127 Å². The Labute approximate surface area is 474 Å². The van der Waals surface area contributed by atoms with E-state index in [1.54, 1.807) is 28.3 Å². The molecule has 2 bridgehead atoms. The Kier molecular flexibility index (Phi) is 23.5. The van der Waals surface area contributed by atoms with E-state index >= 15 is 4.79 Å². The Morgan fingerprint density at radius 3 is 2.11 bits per heavy atom. The van der Waals surface area contributed by atoms with Gasteiger partial charge in [0.25, 0.3) is 11.7 Å². The molecule has 2 saturated heterocycles. The van der Waals surface area contributed by atoms with Gasteiger partial charge in [0.2, 0.25) is 5.79 Å². The minimum Gasteiger partial charge on any atom is -0.456 e. The Hall–Kier alpha value is -3.90. The molecule has 2 aromatic carbocycles. The Balaban J connectivity index is 1.35. The highest BCUT2D eigenvalue weighted by atomic mass is 28.4.